The lowest BCUT2D eigenvalue weighted by Crippen LogP contribution is -2.23. The number of hydrogen-bond donors (Lipinski definition) is 1. The second kappa shape index (κ2) is 6.35. The van der Waals surface area contributed by atoms with Crippen LogP contribution in [0.1, 0.15) is 25.1 Å². The molecule has 0 atom stereocenters. The van der Waals surface area contributed by atoms with E-state index >= 15 is 0 Å². The zero-order chi connectivity index (χ0) is 13.8. The molecule has 0 bridgehead atoms. The SMILES string of the molecule is CC(C)NCc1cccn1Cc1cc(F)cc(Br)c1. The largest absolute Gasteiger partial charge is 0.346 e. The Morgan fingerprint density at radius 1 is 1.32 bits per heavy atom. The van der Waals surface area contributed by atoms with E-state index in [1.54, 1.807) is 6.07 Å². The third-order valence-corrected chi connectivity index (χ3v) is 3.35. The molecule has 0 aliphatic heterocycles. The average molecular weight is 325 g/mol. The minimum atomic E-state index is -0.210. The third-order valence-electron chi connectivity index (χ3n) is 2.89. The Labute approximate surface area is 121 Å². The quantitative estimate of drug-likeness (QED) is 0.881. The summed E-state index contributed by atoms with van der Waals surface area (Å²) in [4.78, 5) is 0. The fourth-order valence-electron chi connectivity index (χ4n) is 1.97. The molecule has 0 unspecified atom stereocenters. The van der Waals surface area contributed by atoms with E-state index in [1.807, 2.05) is 18.3 Å². The van der Waals surface area contributed by atoms with Crippen molar-refractivity contribution in [3.05, 3.63) is 58.1 Å². The lowest BCUT2D eigenvalue weighted by atomic mass is 10.2. The maximum Gasteiger partial charge on any atom is 0.124 e. The summed E-state index contributed by atoms with van der Waals surface area (Å²) in [5.74, 6) is -0.210. The van der Waals surface area contributed by atoms with Gasteiger partial charge in [-0.15, -0.1) is 0 Å². The van der Waals surface area contributed by atoms with Crippen molar-refractivity contribution in [2.45, 2.75) is 33.0 Å². The molecule has 0 saturated carbocycles. The number of nitrogens with zero attached hydrogens (tertiary/aromatic N) is 1. The third kappa shape index (κ3) is 4.18. The first-order valence-corrected chi connectivity index (χ1v) is 7.16. The van der Waals surface area contributed by atoms with Crippen LogP contribution in [0.2, 0.25) is 0 Å². The molecule has 2 nitrogen and oxygen atoms in total. The molecule has 2 rings (SSSR count). The van der Waals surface area contributed by atoms with E-state index in [4.69, 9.17) is 0 Å². The zero-order valence-corrected chi connectivity index (χ0v) is 12.7. The predicted octanol–water partition coefficient (Wildman–Crippen LogP) is 3.94. The van der Waals surface area contributed by atoms with Crippen molar-refractivity contribution >= 4 is 15.9 Å². The van der Waals surface area contributed by atoms with Gasteiger partial charge >= 0.3 is 0 Å². The van der Waals surface area contributed by atoms with Crippen molar-refractivity contribution in [1.82, 2.24) is 9.88 Å². The van der Waals surface area contributed by atoms with Gasteiger partial charge in [0.25, 0.3) is 0 Å². The lowest BCUT2D eigenvalue weighted by molar-refractivity contribution is 0.563. The number of benzene rings is 1. The standard InChI is InChI=1S/C15H18BrFN2/c1-11(2)18-9-15-4-3-5-19(15)10-12-6-13(16)8-14(17)7-12/h3-8,11,18H,9-10H2,1-2H3. The van der Waals surface area contributed by atoms with Crippen LogP contribution in [0.3, 0.4) is 0 Å². The molecule has 102 valence electrons. The summed E-state index contributed by atoms with van der Waals surface area (Å²) in [6, 6.07) is 9.55. The molecule has 0 radical (unpaired) electrons. The van der Waals surface area contributed by atoms with E-state index in [0.29, 0.717) is 12.6 Å². The van der Waals surface area contributed by atoms with Crippen LogP contribution in [-0.4, -0.2) is 10.6 Å². The Morgan fingerprint density at radius 2 is 2.11 bits per heavy atom. The molecule has 1 aromatic carbocycles. The number of rotatable bonds is 5. The van der Waals surface area contributed by atoms with Crippen LogP contribution in [-0.2, 0) is 13.1 Å². The molecule has 0 spiro atoms. The van der Waals surface area contributed by atoms with Crippen LogP contribution in [0.5, 0.6) is 0 Å². The Morgan fingerprint density at radius 3 is 2.79 bits per heavy atom. The number of hydrogen-bond acceptors (Lipinski definition) is 1. The van der Waals surface area contributed by atoms with Crippen molar-refractivity contribution in [3.8, 4) is 0 Å². The molecule has 19 heavy (non-hydrogen) atoms. The van der Waals surface area contributed by atoms with Gasteiger partial charge in [0.2, 0.25) is 0 Å². The van der Waals surface area contributed by atoms with E-state index in [2.05, 4.69) is 45.7 Å². The Kier molecular flexibility index (Phi) is 4.77. The fraction of sp³-hybridized carbons (Fsp3) is 0.333. The van der Waals surface area contributed by atoms with Crippen LogP contribution >= 0.6 is 15.9 Å². The summed E-state index contributed by atoms with van der Waals surface area (Å²) in [6.45, 7) is 5.74. The summed E-state index contributed by atoms with van der Waals surface area (Å²) < 4.78 is 16.3. The van der Waals surface area contributed by atoms with Crippen molar-refractivity contribution in [3.63, 3.8) is 0 Å². The summed E-state index contributed by atoms with van der Waals surface area (Å²) in [5, 5.41) is 3.39. The Bertz CT molecular complexity index is 529. The van der Waals surface area contributed by atoms with Gasteiger partial charge in [-0.1, -0.05) is 29.8 Å². The first kappa shape index (κ1) is 14.3. The molecule has 2 aromatic rings. The molecule has 0 aliphatic rings. The monoisotopic (exact) mass is 324 g/mol. The Balaban J connectivity index is 2.12. The molecular weight excluding hydrogens is 307 g/mol. The van der Waals surface area contributed by atoms with Gasteiger partial charge in [-0.2, -0.15) is 0 Å². The van der Waals surface area contributed by atoms with Crippen molar-refractivity contribution in [2.75, 3.05) is 0 Å². The molecule has 0 fully saturated rings. The van der Waals surface area contributed by atoms with Gasteiger partial charge in [0, 0.05) is 35.5 Å². The maximum atomic E-state index is 13.4. The number of aromatic nitrogens is 1. The average Bonchev–Trinajstić information content (AvgIpc) is 2.72. The van der Waals surface area contributed by atoms with Crippen LogP contribution in [0.25, 0.3) is 0 Å². The number of nitrogens with one attached hydrogen (secondary N) is 1. The highest BCUT2D eigenvalue weighted by molar-refractivity contribution is 9.10. The van der Waals surface area contributed by atoms with Crippen LogP contribution in [0.4, 0.5) is 4.39 Å². The van der Waals surface area contributed by atoms with Gasteiger partial charge < -0.3 is 9.88 Å². The van der Waals surface area contributed by atoms with Gasteiger partial charge in [-0.25, -0.2) is 4.39 Å². The second-order valence-electron chi connectivity index (χ2n) is 4.94. The Hall–Kier alpha value is -1.13. The smallest absolute Gasteiger partial charge is 0.124 e. The van der Waals surface area contributed by atoms with E-state index in [9.17, 15) is 4.39 Å². The number of halogens is 2. The predicted molar refractivity (Wildman–Crippen MR) is 79.6 cm³/mol. The summed E-state index contributed by atoms with van der Waals surface area (Å²) in [7, 11) is 0. The highest BCUT2D eigenvalue weighted by Crippen LogP contribution is 2.16. The topological polar surface area (TPSA) is 17.0 Å². The maximum absolute atomic E-state index is 13.4. The molecule has 1 heterocycles. The highest BCUT2D eigenvalue weighted by atomic mass is 79.9. The van der Waals surface area contributed by atoms with Crippen molar-refractivity contribution < 1.29 is 4.39 Å². The van der Waals surface area contributed by atoms with Gasteiger partial charge in [0.15, 0.2) is 0 Å². The summed E-state index contributed by atoms with van der Waals surface area (Å²) in [6.07, 6.45) is 2.02. The fourth-order valence-corrected chi connectivity index (χ4v) is 2.48. The van der Waals surface area contributed by atoms with Gasteiger partial charge in [0.05, 0.1) is 0 Å². The zero-order valence-electron chi connectivity index (χ0n) is 11.2. The molecule has 0 aliphatic carbocycles. The molecule has 1 aromatic heterocycles. The van der Waals surface area contributed by atoms with Crippen molar-refractivity contribution in [2.24, 2.45) is 0 Å². The first-order chi connectivity index (χ1) is 9.04. The normalized spacial score (nSPS) is 11.2. The summed E-state index contributed by atoms with van der Waals surface area (Å²) in [5.41, 5.74) is 2.16. The minimum absolute atomic E-state index is 0.210. The lowest BCUT2D eigenvalue weighted by Gasteiger charge is -2.12. The van der Waals surface area contributed by atoms with E-state index < -0.39 is 0 Å². The van der Waals surface area contributed by atoms with E-state index in [0.717, 1.165) is 16.6 Å². The minimum Gasteiger partial charge on any atom is -0.346 e. The van der Waals surface area contributed by atoms with Crippen LogP contribution in [0, 0.1) is 5.82 Å². The van der Waals surface area contributed by atoms with E-state index in [-0.39, 0.29) is 5.82 Å². The second-order valence-corrected chi connectivity index (χ2v) is 5.86. The van der Waals surface area contributed by atoms with Crippen LogP contribution < -0.4 is 5.32 Å². The molecule has 4 heteroatoms. The first-order valence-electron chi connectivity index (χ1n) is 6.37. The van der Waals surface area contributed by atoms with Gasteiger partial charge in [-0.05, 0) is 35.9 Å². The summed E-state index contributed by atoms with van der Waals surface area (Å²) >= 11 is 3.32. The molecular formula is C15H18BrFN2. The molecule has 1 N–H and O–H groups in total. The van der Waals surface area contributed by atoms with Gasteiger partial charge in [0.1, 0.15) is 5.82 Å². The van der Waals surface area contributed by atoms with Crippen LogP contribution in [0.15, 0.2) is 41.0 Å². The highest BCUT2D eigenvalue weighted by Gasteiger charge is 2.04. The molecule has 0 amide bonds. The van der Waals surface area contributed by atoms with E-state index in [1.165, 1.54) is 11.8 Å². The van der Waals surface area contributed by atoms with Gasteiger partial charge in [-0.3, -0.25) is 0 Å². The van der Waals surface area contributed by atoms with Crippen molar-refractivity contribution in [1.29, 1.82) is 0 Å². The molecule has 0 saturated heterocycles.